The van der Waals surface area contributed by atoms with Crippen LogP contribution in [0.25, 0.3) is 11.3 Å². The molecule has 2 aromatic rings. The Morgan fingerprint density at radius 3 is 2.69 bits per heavy atom. The molecule has 2 N–H and O–H groups in total. The summed E-state index contributed by atoms with van der Waals surface area (Å²) in [4.78, 5) is 29.8. The van der Waals surface area contributed by atoms with Crippen LogP contribution in [0.3, 0.4) is 0 Å². The molecule has 1 amide bonds. The zero-order valence-corrected chi connectivity index (χ0v) is 17.2. The summed E-state index contributed by atoms with van der Waals surface area (Å²) in [7, 11) is 1.62. The van der Waals surface area contributed by atoms with Crippen LogP contribution in [-0.2, 0) is 22.5 Å². The monoisotopic (exact) mass is 419 g/mol. The van der Waals surface area contributed by atoms with Gasteiger partial charge in [0.1, 0.15) is 12.4 Å². The molecule has 156 valence electrons. The van der Waals surface area contributed by atoms with Gasteiger partial charge in [0.2, 0.25) is 5.91 Å². The van der Waals surface area contributed by atoms with E-state index < -0.39 is 0 Å². The fourth-order valence-corrected chi connectivity index (χ4v) is 3.24. The maximum atomic E-state index is 12.8. The van der Waals surface area contributed by atoms with E-state index in [4.69, 9.17) is 16.3 Å². The Labute approximate surface area is 174 Å². The third-order valence-corrected chi connectivity index (χ3v) is 5.48. The van der Waals surface area contributed by atoms with Gasteiger partial charge in [-0.3, -0.25) is 14.2 Å². The van der Waals surface area contributed by atoms with Gasteiger partial charge in [0.25, 0.3) is 5.56 Å². The number of aryl methyl sites for hydroxylation is 1. The first-order chi connectivity index (χ1) is 14.0. The number of hydrogen-bond acceptors (Lipinski definition) is 5. The first-order valence-corrected chi connectivity index (χ1v) is 10.1. The van der Waals surface area contributed by atoms with Crippen LogP contribution in [0.5, 0.6) is 0 Å². The lowest BCUT2D eigenvalue weighted by Gasteiger charge is -2.16. The Kier molecular flexibility index (Phi) is 7.05. The van der Waals surface area contributed by atoms with Crippen LogP contribution in [0.2, 0.25) is 5.02 Å². The average Bonchev–Trinajstić information content (AvgIpc) is 3.50. The maximum absolute atomic E-state index is 12.8. The number of rotatable bonds is 10. The predicted octanol–water partition coefficient (Wildman–Crippen LogP) is 2.03. The second-order valence-electron chi connectivity index (χ2n) is 7.52. The van der Waals surface area contributed by atoms with E-state index in [9.17, 15) is 14.7 Å². The summed E-state index contributed by atoms with van der Waals surface area (Å²) >= 11 is 5.95. The van der Waals surface area contributed by atoms with Crippen molar-refractivity contribution in [2.45, 2.75) is 32.2 Å². The van der Waals surface area contributed by atoms with Crippen molar-refractivity contribution in [3.05, 3.63) is 51.5 Å². The quantitative estimate of drug-likeness (QED) is 0.575. The van der Waals surface area contributed by atoms with Gasteiger partial charge in [-0.05, 0) is 31.4 Å². The molecule has 0 aliphatic heterocycles. The number of amides is 1. The molecule has 1 fully saturated rings. The zero-order chi connectivity index (χ0) is 20.9. The molecule has 1 aromatic heterocycles. The summed E-state index contributed by atoms with van der Waals surface area (Å²) in [5, 5.41) is 12.8. The molecular formula is C21H26ClN3O4. The first-order valence-electron chi connectivity index (χ1n) is 9.69. The van der Waals surface area contributed by atoms with Gasteiger partial charge in [-0.2, -0.15) is 0 Å². The van der Waals surface area contributed by atoms with Crippen molar-refractivity contribution < 1.29 is 14.6 Å². The normalized spacial score (nSPS) is 14.6. The molecule has 1 aromatic carbocycles. The van der Waals surface area contributed by atoms with Gasteiger partial charge in [-0.25, -0.2) is 4.98 Å². The van der Waals surface area contributed by atoms with E-state index in [-0.39, 0.29) is 30.0 Å². The lowest BCUT2D eigenvalue weighted by atomic mass is 10.1. The molecule has 0 saturated heterocycles. The van der Waals surface area contributed by atoms with Gasteiger partial charge in [-0.15, -0.1) is 0 Å². The van der Waals surface area contributed by atoms with Crippen molar-refractivity contribution in [1.82, 2.24) is 14.9 Å². The predicted molar refractivity (Wildman–Crippen MR) is 111 cm³/mol. The van der Waals surface area contributed by atoms with Crippen LogP contribution in [0.15, 0.2) is 35.1 Å². The van der Waals surface area contributed by atoms with Crippen molar-refractivity contribution >= 4 is 17.5 Å². The third kappa shape index (κ3) is 5.65. The van der Waals surface area contributed by atoms with E-state index in [1.54, 1.807) is 19.2 Å². The van der Waals surface area contributed by atoms with E-state index in [0.717, 1.165) is 18.4 Å². The molecule has 0 atom stereocenters. The highest BCUT2D eigenvalue weighted by Gasteiger charge is 2.42. The number of carbonyl (C=O) groups is 1. The summed E-state index contributed by atoms with van der Waals surface area (Å²) in [6.45, 7) is 0.919. The maximum Gasteiger partial charge on any atom is 0.254 e. The summed E-state index contributed by atoms with van der Waals surface area (Å²) in [5.74, 6) is 0.277. The molecular weight excluding hydrogens is 394 g/mol. The highest BCUT2D eigenvalue weighted by atomic mass is 35.5. The standard InChI is InChI=1S/C21H26ClN3O4/c1-29-10-2-3-18-24-17(15-4-6-16(22)7-5-15)11-20(28)25(18)12-19(27)23-13-21(14-26)8-9-21/h4-7,11,26H,2-3,8-10,12-14H2,1H3,(H,23,27). The summed E-state index contributed by atoms with van der Waals surface area (Å²) in [5.41, 5.74) is 0.872. The topological polar surface area (TPSA) is 93.5 Å². The van der Waals surface area contributed by atoms with Crippen LogP contribution in [0.1, 0.15) is 25.1 Å². The Bertz CT molecular complexity index is 907. The zero-order valence-electron chi connectivity index (χ0n) is 16.5. The highest BCUT2D eigenvalue weighted by molar-refractivity contribution is 6.30. The van der Waals surface area contributed by atoms with Gasteiger partial charge in [-0.1, -0.05) is 23.7 Å². The Morgan fingerprint density at radius 1 is 1.34 bits per heavy atom. The van der Waals surface area contributed by atoms with E-state index in [1.165, 1.54) is 10.6 Å². The molecule has 3 rings (SSSR count). The average molecular weight is 420 g/mol. The van der Waals surface area contributed by atoms with E-state index in [2.05, 4.69) is 10.3 Å². The number of nitrogens with zero attached hydrogens (tertiary/aromatic N) is 2. The number of aromatic nitrogens is 2. The summed E-state index contributed by atoms with van der Waals surface area (Å²) in [6.07, 6.45) is 3.01. The number of ether oxygens (including phenoxy) is 1. The molecule has 1 aliphatic carbocycles. The highest BCUT2D eigenvalue weighted by Crippen LogP contribution is 2.44. The number of halogens is 1. The summed E-state index contributed by atoms with van der Waals surface area (Å²) in [6, 6.07) is 8.55. The number of aliphatic hydroxyl groups is 1. The van der Waals surface area contributed by atoms with E-state index in [1.807, 2.05) is 12.1 Å². The third-order valence-electron chi connectivity index (χ3n) is 5.23. The fraction of sp³-hybridized carbons (Fsp3) is 0.476. The SMILES string of the molecule is COCCCc1nc(-c2ccc(Cl)cc2)cc(=O)n1CC(=O)NCC1(CO)CC1. The van der Waals surface area contributed by atoms with Gasteiger partial charge in [0.15, 0.2) is 0 Å². The van der Waals surface area contributed by atoms with Crippen molar-refractivity contribution in [3.63, 3.8) is 0 Å². The molecule has 0 unspecified atom stereocenters. The minimum Gasteiger partial charge on any atom is -0.396 e. The molecule has 8 heteroatoms. The number of aliphatic hydroxyl groups excluding tert-OH is 1. The largest absolute Gasteiger partial charge is 0.396 e. The smallest absolute Gasteiger partial charge is 0.254 e. The van der Waals surface area contributed by atoms with Gasteiger partial charge in [0, 0.05) is 48.7 Å². The van der Waals surface area contributed by atoms with Crippen molar-refractivity contribution in [2.75, 3.05) is 26.9 Å². The van der Waals surface area contributed by atoms with E-state index >= 15 is 0 Å². The minimum absolute atomic E-state index is 0.0623. The van der Waals surface area contributed by atoms with Crippen LogP contribution < -0.4 is 10.9 Å². The molecule has 1 saturated carbocycles. The number of carbonyl (C=O) groups excluding carboxylic acids is 1. The second-order valence-corrected chi connectivity index (χ2v) is 7.96. The lowest BCUT2D eigenvalue weighted by Crippen LogP contribution is -2.37. The molecule has 0 radical (unpaired) electrons. The Balaban J connectivity index is 1.81. The lowest BCUT2D eigenvalue weighted by molar-refractivity contribution is -0.122. The van der Waals surface area contributed by atoms with Crippen LogP contribution in [0.4, 0.5) is 0 Å². The first kappa shape index (κ1) is 21.5. The Morgan fingerprint density at radius 2 is 2.07 bits per heavy atom. The molecule has 29 heavy (non-hydrogen) atoms. The van der Waals surface area contributed by atoms with Crippen molar-refractivity contribution in [1.29, 1.82) is 0 Å². The van der Waals surface area contributed by atoms with Crippen LogP contribution >= 0.6 is 11.6 Å². The van der Waals surface area contributed by atoms with Gasteiger partial charge >= 0.3 is 0 Å². The second kappa shape index (κ2) is 9.52. The molecule has 1 aliphatic rings. The molecule has 0 bridgehead atoms. The molecule has 7 nitrogen and oxygen atoms in total. The number of benzene rings is 1. The van der Waals surface area contributed by atoms with Gasteiger partial charge < -0.3 is 15.2 Å². The fourth-order valence-electron chi connectivity index (χ4n) is 3.11. The van der Waals surface area contributed by atoms with Crippen molar-refractivity contribution in [3.8, 4) is 11.3 Å². The van der Waals surface area contributed by atoms with Gasteiger partial charge in [0.05, 0.1) is 12.3 Å². The number of methoxy groups -OCH3 is 1. The Hall–Kier alpha value is -2.22. The van der Waals surface area contributed by atoms with E-state index in [0.29, 0.717) is 42.5 Å². The molecule has 0 spiro atoms. The summed E-state index contributed by atoms with van der Waals surface area (Å²) < 4.78 is 6.51. The van der Waals surface area contributed by atoms with Crippen LogP contribution in [0, 0.1) is 5.41 Å². The molecule has 1 heterocycles. The number of nitrogens with one attached hydrogen (secondary N) is 1. The van der Waals surface area contributed by atoms with Crippen molar-refractivity contribution in [2.24, 2.45) is 5.41 Å². The van der Waals surface area contributed by atoms with Crippen LogP contribution in [-0.4, -0.2) is 47.4 Å². The minimum atomic E-state index is -0.282. The number of hydrogen-bond donors (Lipinski definition) is 2.